The number of rotatable bonds is 2. The summed E-state index contributed by atoms with van der Waals surface area (Å²) in [5, 5.41) is 6.64. The van der Waals surface area contributed by atoms with E-state index < -0.39 is 0 Å². The molecule has 2 aromatic rings. The van der Waals surface area contributed by atoms with Crippen LogP contribution in [0.5, 0.6) is 5.75 Å². The topological polar surface area (TPSA) is 67.6 Å². The fraction of sp³-hybridized carbons (Fsp3) is 0.333. The Kier molecular flexibility index (Phi) is 3.29. The van der Waals surface area contributed by atoms with Gasteiger partial charge < -0.3 is 14.2 Å². The lowest BCUT2D eigenvalue weighted by Crippen LogP contribution is -2.30. The fourth-order valence-corrected chi connectivity index (χ4v) is 2.36. The van der Waals surface area contributed by atoms with Crippen molar-refractivity contribution in [2.75, 3.05) is 12.4 Å². The molecule has 3 rings (SSSR count). The highest BCUT2D eigenvalue weighted by Crippen LogP contribution is 2.27. The minimum absolute atomic E-state index is 0.179. The van der Waals surface area contributed by atoms with Crippen LogP contribution in [-0.4, -0.2) is 23.2 Å². The Labute approximate surface area is 122 Å². The van der Waals surface area contributed by atoms with E-state index in [1.807, 2.05) is 32.0 Å². The number of aromatic nitrogens is 1. The van der Waals surface area contributed by atoms with Gasteiger partial charge in [0, 0.05) is 18.7 Å². The van der Waals surface area contributed by atoms with Gasteiger partial charge in [0.05, 0.1) is 7.11 Å². The molecule has 0 aliphatic carbocycles. The molecule has 1 aromatic heterocycles. The molecular weight excluding hydrogens is 270 g/mol. The highest BCUT2D eigenvalue weighted by Gasteiger charge is 2.25. The van der Waals surface area contributed by atoms with E-state index in [0.717, 1.165) is 22.4 Å². The number of hydrogen-bond acceptors (Lipinski definition) is 4. The molecule has 6 nitrogen and oxygen atoms in total. The number of methoxy groups -OCH3 is 1. The lowest BCUT2D eigenvalue weighted by molar-refractivity contribution is 0.212. The molecule has 0 atom stereocenters. The zero-order valence-corrected chi connectivity index (χ0v) is 12.3. The van der Waals surface area contributed by atoms with Gasteiger partial charge in [-0.1, -0.05) is 11.2 Å². The van der Waals surface area contributed by atoms with Crippen LogP contribution in [0.25, 0.3) is 0 Å². The second-order valence-corrected chi connectivity index (χ2v) is 5.13. The van der Waals surface area contributed by atoms with Crippen molar-refractivity contribution < 1.29 is 14.1 Å². The number of carbonyl (C=O) groups is 1. The maximum atomic E-state index is 12.3. The Bertz CT molecular complexity index is 693. The molecule has 1 aliphatic rings. The molecule has 0 radical (unpaired) electrons. The summed E-state index contributed by atoms with van der Waals surface area (Å²) in [6.07, 6.45) is 0. The van der Waals surface area contributed by atoms with Gasteiger partial charge in [-0.15, -0.1) is 0 Å². The molecule has 1 aliphatic heterocycles. The second kappa shape index (κ2) is 5.12. The van der Waals surface area contributed by atoms with E-state index in [2.05, 4.69) is 10.5 Å². The van der Waals surface area contributed by atoms with Crippen molar-refractivity contribution in [1.29, 1.82) is 0 Å². The summed E-state index contributed by atoms with van der Waals surface area (Å²) in [7, 11) is 1.64. The van der Waals surface area contributed by atoms with Gasteiger partial charge in [0.25, 0.3) is 0 Å². The van der Waals surface area contributed by atoms with Gasteiger partial charge in [-0.25, -0.2) is 4.79 Å². The Morgan fingerprint density at radius 3 is 2.76 bits per heavy atom. The predicted octanol–water partition coefficient (Wildman–Crippen LogP) is 2.85. The van der Waals surface area contributed by atoms with Crippen LogP contribution in [0.1, 0.15) is 22.5 Å². The van der Waals surface area contributed by atoms with Crippen LogP contribution >= 0.6 is 0 Å². The fourth-order valence-electron chi connectivity index (χ4n) is 2.36. The number of carbonyl (C=O) groups excluding carboxylic acids is 1. The van der Waals surface area contributed by atoms with Gasteiger partial charge in [-0.05, 0) is 37.1 Å². The first-order valence-corrected chi connectivity index (χ1v) is 6.73. The molecule has 2 heterocycles. The van der Waals surface area contributed by atoms with E-state index in [0.29, 0.717) is 24.7 Å². The summed E-state index contributed by atoms with van der Waals surface area (Å²) in [6.45, 7) is 4.83. The average Bonchev–Trinajstić information content (AvgIpc) is 3.04. The molecule has 0 fully saturated rings. The van der Waals surface area contributed by atoms with Crippen molar-refractivity contribution in [2.24, 2.45) is 0 Å². The predicted molar refractivity (Wildman–Crippen MR) is 77.2 cm³/mol. The standard InChI is InChI=1S/C15H17N3O3/c1-9-10(2)21-17-14(9)16-15(19)18-7-11-4-5-13(20-3)6-12(11)8-18/h4-6H,7-8H2,1-3H3,(H,16,17,19). The average molecular weight is 287 g/mol. The second-order valence-electron chi connectivity index (χ2n) is 5.13. The van der Waals surface area contributed by atoms with Crippen LogP contribution in [0.2, 0.25) is 0 Å². The number of fused-ring (bicyclic) bond motifs is 1. The number of anilines is 1. The SMILES string of the molecule is COc1ccc2c(c1)CN(C(=O)Nc1noc(C)c1C)C2. The van der Waals surface area contributed by atoms with Gasteiger partial charge in [0.15, 0.2) is 5.82 Å². The number of aryl methyl sites for hydroxylation is 1. The van der Waals surface area contributed by atoms with Crippen molar-refractivity contribution in [3.05, 3.63) is 40.6 Å². The largest absolute Gasteiger partial charge is 0.497 e. The number of hydrogen-bond donors (Lipinski definition) is 1. The molecule has 0 saturated heterocycles. The summed E-state index contributed by atoms with van der Waals surface area (Å²) in [4.78, 5) is 14.0. The lowest BCUT2D eigenvalue weighted by atomic mass is 10.1. The maximum Gasteiger partial charge on any atom is 0.323 e. The van der Waals surface area contributed by atoms with Crippen molar-refractivity contribution in [2.45, 2.75) is 26.9 Å². The molecule has 0 saturated carbocycles. The number of nitrogens with zero attached hydrogens (tertiary/aromatic N) is 2. The van der Waals surface area contributed by atoms with Crippen molar-refractivity contribution in [1.82, 2.24) is 10.1 Å². The van der Waals surface area contributed by atoms with Crippen LogP contribution in [0, 0.1) is 13.8 Å². The van der Waals surface area contributed by atoms with Crippen LogP contribution in [-0.2, 0) is 13.1 Å². The molecule has 1 aromatic carbocycles. The van der Waals surface area contributed by atoms with E-state index in [1.165, 1.54) is 0 Å². The van der Waals surface area contributed by atoms with E-state index in [9.17, 15) is 4.79 Å². The molecule has 1 N–H and O–H groups in total. The van der Waals surface area contributed by atoms with E-state index in [-0.39, 0.29) is 6.03 Å². The third-order valence-electron chi connectivity index (χ3n) is 3.81. The van der Waals surface area contributed by atoms with Gasteiger partial charge >= 0.3 is 6.03 Å². The molecule has 6 heteroatoms. The van der Waals surface area contributed by atoms with Gasteiger partial charge in [0.2, 0.25) is 0 Å². The van der Waals surface area contributed by atoms with Crippen molar-refractivity contribution >= 4 is 11.8 Å². The van der Waals surface area contributed by atoms with Crippen molar-refractivity contribution in [3.8, 4) is 5.75 Å². The normalized spacial score (nSPS) is 13.2. The van der Waals surface area contributed by atoms with Crippen LogP contribution in [0.15, 0.2) is 22.7 Å². The van der Waals surface area contributed by atoms with E-state index in [1.54, 1.807) is 12.0 Å². The monoisotopic (exact) mass is 287 g/mol. The highest BCUT2D eigenvalue weighted by atomic mass is 16.5. The van der Waals surface area contributed by atoms with E-state index in [4.69, 9.17) is 9.26 Å². The van der Waals surface area contributed by atoms with Crippen LogP contribution < -0.4 is 10.1 Å². The van der Waals surface area contributed by atoms with Gasteiger partial charge in [0.1, 0.15) is 11.5 Å². The summed E-state index contributed by atoms with van der Waals surface area (Å²) in [5.74, 6) is 1.99. The Balaban J connectivity index is 1.72. The molecule has 0 spiro atoms. The Morgan fingerprint density at radius 1 is 1.33 bits per heavy atom. The first-order valence-electron chi connectivity index (χ1n) is 6.73. The molecular formula is C15H17N3O3. The third-order valence-corrected chi connectivity index (χ3v) is 3.81. The minimum atomic E-state index is -0.179. The quantitative estimate of drug-likeness (QED) is 0.922. The van der Waals surface area contributed by atoms with Gasteiger partial charge in [-0.3, -0.25) is 5.32 Å². The Hall–Kier alpha value is -2.50. The van der Waals surface area contributed by atoms with Crippen LogP contribution in [0.3, 0.4) is 0 Å². The minimum Gasteiger partial charge on any atom is -0.497 e. The maximum absolute atomic E-state index is 12.3. The summed E-state index contributed by atoms with van der Waals surface area (Å²) in [6, 6.07) is 5.69. The first kappa shape index (κ1) is 13.5. The zero-order chi connectivity index (χ0) is 15.0. The third kappa shape index (κ3) is 2.44. The highest BCUT2D eigenvalue weighted by molar-refractivity contribution is 5.89. The van der Waals surface area contributed by atoms with Crippen LogP contribution in [0.4, 0.5) is 10.6 Å². The number of amides is 2. The molecule has 110 valence electrons. The lowest BCUT2D eigenvalue weighted by Gasteiger charge is -2.15. The smallest absolute Gasteiger partial charge is 0.323 e. The molecule has 21 heavy (non-hydrogen) atoms. The van der Waals surface area contributed by atoms with Gasteiger partial charge in [-0.2, -0.15) is 0 Å². The van der Waals surface area contributed by atoms with Crippen molar-refractivity contribution in [3.63, 3.8) is 0 Å². The van der Waals surface area contributed by atoms with E-state index >= 15 is 0 Å². The number of benzene rings is 1. The summed E-state index contributed by atoms with van der Waals surface area (Å²) in [5.41, 5.74) is 3.10. The zero-order valence-electron chi connectivity index (χ0n) is 12.3. The summed E-state index contributed by atoms with van der Waals surface area (Å²) < 4.78 is 10.3. The molecule has 0 unspecified atom stereocenters. The number of nitrogens with one attached hydrogen (secondary N) is 1. The molecule has 2 amide bonds. The summed E-state index contributed by atoms with van der Waals surface area (Å²) >= 11 is 0. The Morgan fingerprint density at radius 2 is 2.10 bits per heavy atom. The number of urea groups is 1. The first-order chi connectivity index (χ1) is 10.1. The number of ether oxygens (including phenoxy) is 1. The molecule has 0 bridgehead atoms.